The van der Waals surface area contributed by atoms with Crippen LogP contribution < -0.4 is 4.74 Å². The minimum Gasteiger partial charge on any atom is -0.405 e. The molecule has 0 N–H and O–H groups in total. The second-order valence-corrected chi connectivity index (χ2v) is 3.75. The number of hydrogen-bond donors (Lipinski definition) is 0. The SMILES string of the molecule is FC(F)(F)Oc1c[c]c(Br)cc1Br. The molecule has 1 rings (SSSR count). The molecule has 0 amide bonds. The van der Waals surface area contributed by atoms with Gasteiger partial charge < -0.3 is 4.74 Å². The molecule has 0 aliphatic heterocycles. The highest BCUT2D eigenvalue weighted by Gasteiger charge is 2.31. The van der Waals surface area contributed by atoms with Gasteiger partial charge in [-0.15, -0.1) is 13.2 Å². The minimum atomic E-state index is -4.68. The van der Waals surface area contributed by atoms with Crippen molar-refractivity contribution >= 4 is 31.9 Å². The van der Waals surface area contributed by atoms with E-state index in [1.807, 2.05) is 0 Å². The van der Waals surface area contributed by atoms with Gasteiger partial charge in [-0.1, -0.05) is 15.9 Å². The number of rotatable bonds is 1. The normalized spacial score (nSPS) is 11.5. The van der Waals surface area contributed by atoms with Crippen LogP contribution in [0.15, 0.2) is 21.1 Å². The fourth-order valence-electron chi connectivity index (χ4n) is 0.630. The Hall–Kier alpha value is -0.230. The Morgan fingerprint density at radius 1 is 1.31 bits per heavy atom. The van der Waals surface area contributed by atoms with Gasteiger partial charge in [0.2, 0.25) is 0 Å². The summed E-state index contributed by atoms with van der Waals surface area (Å²) in [6.45, 7) is 0. The van der Waals surface area contributed by atoms with Crippen molar-refractivity contribution in [2.75, 3.05) is 0 Å². The molecule has 1 aromatic carbocycles. The molecule has 0 bridgehead atoms. The van der Waals surface area contributed by atoms with Crippen molar-refractivity contribution in [3.63, 3.8) is 0 Å². The lowest BCUT2D eigenvalue weighted by Crippen LogP contribution is -2.17. The molecule has 0 spiro atoms. The van der Waals surface area contributed by atoms with E-state index in [2.05, 4.69) is 42.7 Å². The molecule has 0 aliphatic rings. The molecule has 13 heavy (non-hydrogen) atoms. The first-order valence-electron chi connectivity index (χ1n) is 3.01. The van der Waals surface area contributed by atoms with Crippen LogP contribution in [0.3, 0.4) is 0 Å². The fourth-order valence-corrected chi connectivity index (χ4v) is 1.71. The van der Waals surface area contributed by atoms with Gasteiger partial charge in [-0.2, -0.15) is 0 Å². The average molecular weight is 319 g/mol. The number of alkyl halides is 3. The average Bonchev–Trinajstić information content (AvgIpc) is 1.93. The van der Waals surface area contributed by atoms with Crippen molar-refractivity contribution < 1.29 is 17.9 Å². The first-order valence-corrected chi connectivity index (χ1v) is 4.59. The second-order valence-electron chi connectivity index (χ2n) is 2.04. The van der Waals surface area contributed by atoms with E-state index < -0.39 is 6.36 Å². The van der Waals surface area contributed by atoms with Gasteiger partial charge in [-0.05, 0) is 28.1 Å². The fraction of sp³-hybridized carbons (Fsp3) is 0.143. The molecular weight excluding hydrogens is 317 g/mol. The van der Waals surface area contributed by atoms with Gasteiger partial charge in [-0.3, -0.25) is 0 Å². The van der Waals surface area contributed by atoms with Gasteiger partial charge in [0.05, 0.1) is 4.47 Å². The van der Waals surface area contributed by atoms with E-state index in [4.69, 9.17) is 0 Å². The topological polar surface area (TPSA) is 9.23 Å². The molecule has 6 heteroatoms. The Kier molecular flexibility index (Phi) is 3.23. The first kappa shape index (κ1) is 10.8. The van der Waals surface area contributed by atoms with Crippen LogP contribution in [-0.2, 0) is 0 Å². The Balaban J connectivity index is 2.90. The van der Waals surface area contributed by atoms with Gasteiger partial charge in [-0.25, -0.2) is 0 Å². The predicted molar refractivity (Wildman–Crippen MR) is 47.4 cm³/mol. The van der Waals surface area contributed by atoms with E-state index in [9.17, 15) is 13.2 Å². The summed E-state index contributed by atoms with van der Waals surface area (Å²) in [6.07, 6.45) is -4.68. The Morgan fingerprint density at radius 3 is 2.38 bits per heavy atom. The highest BCUT2D eigenvalue weighted by molar-refractivity contribution is 9.11. The van der Waals surface area contributed by atoms with Crippen molar-refractivity contribution in [2.45, 2.75) is 6.36 Å². The lowest BCUT2D eigenvalue weighted by atomic mass is 10.3. The summed E-state index contributed by atoms with van der Waals surface area (Å²) in [5.41, 5.74) is 0. The van der Waals surface area contributed by atoms with Crippen LogP contribution >= 0.6 is 31.9 Å². The van der Waals surface area contributed by atoms with Crippen molar-refractivity contribution in [1.29, 1.82) is 0 Å². The van der Waals surface area contributed by atoms with Crippen LogP contribution in [-0.4, -0.2) is 6.36 Å². The van der Waals surface area contributed by atoms with Crippen LogP contribution in [0.1, 0.15) is 0 Å². The number of halogens is 5. The van der Waals surface area contributed by atoms with Gasteiger partial charge in [0.25, 0.3) is 0 Å². The lowest BCUT2D eigenvalue weighted by molar-refractivity contribution is -0.274. The van der Waals surface area contributed by atoms with E-state index in [-0.39, 0.29) is 10.2 Å². The molecule has 1 radical (unpaired) electrons. The van der Waals surface area contributed by atoms with Gasteiger partial charge in [0, 0.05) is 10.5 Å². The number of benzene rings is 1. The smallest absolute Gasteiger partial charge is 0.405 e. The van der Waals surface area contributed by atoms with E-state index in [1.54, 1.807) is 0 Å². The quantitative estimate of drug-likeness (QED) is 0.763. The Morgan fingerprint density at radius 2 is 1.92 bits per heavy atom. The third-order valence-corrected chi connectivity index (χ3v) is 2.13. The number of hydrogen-bond acceptors (Lipinski definition) is 1. The van der Waals surface area contributed by atoms with E-state index >= 15 is 0 Å². The van der Waals surface area contributed by atoms with Crippen molar-refractivity contribution in [2.24, 2.45) is 0 Å². The molecule has 1 nitrogen and oxygen atoms in total. The Labute approximate surface area is 89.1 Å². The maximum atomic E-state index is 11.8. The maximum Gasteiger partial charge on any atom is 0.573 e. The standard InChI is InChI=1S/C7H2Br2F3O/c8-4-1-2-6(5(9)3-4)13-7(10,11)12/h2-3H. The maximum absolute atomic E-state index is 11.8. The molecule has 0 aromatic heterocycles. The van der Waals surface area contributed by atoms with Crippen LogP contribution in [0.4, 0.5) is 13.2 Å². The summed E-state index contributed by atoms with van der Waals surface area (Å²) in [4.78, 5) is 0. The molecule has 1 aromatic rings. The summed E-state index contributed by atoms with van der Waals surface area (Å²) in [7, 11) is 0. The van der Waals surface area contributed by atoms with Crippen LogP contribution in [0.25, 0.3) is 0 Å². The minimum absolute atomic E-state index is 0.218. The zero-order valence-electron chi connectivity index (χ0n) is 5.95. The van der Waals surface area contributed by atoms with Crippen LogP contribution in [0.5, 0.6) is 5.75 Å². The number of ether oxygens (including phenoxy) is 1. The second kappa shape index (κ2) is 3.88. The van der Waals surface area contributed by atoms with Crippen molar-refractivity contribution in [3.8, 4) is 5.75 Å². The van der Waals surface area contributed by atoms with Crippen molar-refractivity contribution in [3.05, 3.63) is 27.1 Å². The van der Waals surface area contributed by atoms with Crippen molar-refractivity contribution in [1.82, 2.24) is 0 Å². The molecule has 0 aliphatic carbocycles. The Bertz CT molecular complexity index is 311. The summed E-state index contributed by atoms with van der Waals surface area (Å²) in [5, 5.41) is 0. The van der Waals surface area contributed by atoms with Gasteiger partial charge in [0.1, 0.15) is 5.75 Å². The summed E-state index contributed by atoms with van der Waals surface area (Å²) in [6, 6.07) is 5.04. The zero-order valence-corrected chi connectivity index (χ0v) is 9.12. The molecule has 0 saturated heterocycles. The highest BCUT2D eigenvalue weighted by atomic mass is 79.9. The molecule has 0 unspecified atom stereocenters. The lowest BCUT2D eigenvalue weighted by Gasteiger charge is -2.09. The van der Waals surface area contributed by atoms with Crippen LogP contribution in [0.2, 0.25) is 0 Å². The molecule has 0 fully saturated rings. The zero-order chi connectivity index (χ0) is 10.1. The molecular formula is C7H2Br2F3O. The molecule has 0 heterocycles. The summed E-state index contributed by atoms with van der Waals surface area (Å²) >= 11 is 5.98. The van der Waals surface area contributed by atoms with Gasteiger partial charge >= 0.3 is 6.36 Å². The first-order chi connectivity index (χ1) is 5.88. The summed E-state index contributed by atoms with van der Waals surface area (Å²) in [5.74, 6) is -0.310. The van der Waals surface area contributed by atoms with Crippen LogP contribution in [0, 0.1) is 6.07 Å². The van der Waals surface area contributed by atoms with E-state index in [1.165, 1.54) is 6.07 Å². The van der Waals surface area contributed by atoms with E-state index in [0.717, 1.165) is 6.07 Å². The third kappa shape index (κ3) is 3.56. The highest BCUT2D eigenvalue weighted by Crippen LogP contribution is 2.31. The van der Waals surface area contributed by atoms with Gasteiger partial charge in [0.15, 0.2) is 0 Å². The summed E-state index contributed by atoms with van der Waals surface area (Å²) < 4.78 is 39.7. The largest absolute Gasteiger partial charge is 0.573 e. The third-order valence-electron chi connectivity index (χ3n) is 1.06. The monoisotopic (exact) mass is 317 g/mol. The van der Waals surface area contributed by atoms with E-state index in [0.29, 0.717) is 4.47 Å². The molecule has 0 saturated carbocycles. The molecule has 71 valence electrons. The molecule has 0 atom stereocenters. The predicted octanol–water partition coefficient (Wildman–Crippen LogP) is 3.91.